The fourth-order valence-electron chi connectivity index (χ4n) is 1.78. The van der Waals surface area contributed by atoms with Gasteiger partial charge in [0.2, 0.25) is 0 Å². The molecule has 0 unspecified atom stereocenters. The molecule has 0 radical (unpaired) electrons. The van der Waals surface area contributed by atoms with Gasteiger partial charge >= 0.3 is 6.18 Å². The zero-order chi connectivity index (χ0) is 13.6. The molecule has 0 saturated carbocycles. The first-order chi connectivity index (χ1) is 8.44. The van der Waals surface area contributed by atoms with Crippen molar-refractivity contribution in [3.05, 3.63) is 21.9 Å². The van der Waals surface area contributed by atoms with Crippen molar-refractivity contribution in [1.82, 2.24) is 10.2 Å². The molecular weight excluding hydrogens is 261 g/mol. The molecule has 0 aliphatic carbocycles. The average molecular weight is 280 g/mol. The van der Waals surface area contributed by atoms with Crippen molar-refractivity contribution in [2.75, 3.05) is 20.1 Å². The van der Waals surface area contributed by atoms with Gasteiger partial charge in [-0.25, -0.2) is 0 Å². The monoisotopic (exact) mass is 280 g/mol. The maximum Gasteiger partial charge on any atom is 0.401 e. The summed E-state index contributed by atoms with van der Waals surface area (Å²) in [5, 5.41) is 3.03. The van der Waals surface area contributed by atoms with Crippen molar-refractivity contribution in [2.24, 2.45) is 0 Å². The van der Waals surface area contributed by atoms with Crippen LogP contribution in [0.4, 0.5) is 13.2 Å². The van der Waals surface area contributed by atoms with E-state index >= 15 is 0 Å². The van der Waals surface area contributed by atoms with E-state index in [2.05, 4.69) is 5.32 Å². The molecule has 0 spiro atoms. The Balaban J connectivity index is 2.58. The number of halogens is 3. The van der Waals surface area contributed by atoms with Crippen LogP contribution < -0.4 is 5.32 Å². The molecule has 2 nitrogen and oxygen atoms in total. The summed E-state index contributed by atoms with van der Waals surface area (Å²) < 4.78 is 37.2. The minimum Gasteiger partial charge on any atom is -0.315 e. The van der Waals surface area contributed by atoms with E-state index in [1.54, 1.807) is 11.3 Å². The first-order valence-electron chi connectivity index (χ1n) is 5.96. The molecule has 18 heavy (non-hydrogen) atoms. The van der Waals surface area contributed by atoms with Crippen LogP contribution in [-0.2, 0) is 13.1 Å². The van der Waals surface area contributed by atoms with Crippen LogP contribution in [0.15, 0.2) is 12.1 Å². The van der Waals surface area contributed by atoms with Gasteiger partial charge in [0.25, 0.3) is 0 Å². The minimum atomic E-state index is -4.12. The third kappa shape index (κ3) is 5.84. The molecule has 1 N–H and O–H groups in total. The van der Waals surface area contributed by atoms with Gasteiger partial charge in [0.1, 0.15) is 0 Å². The molecule has 0 amide bonds. The molecule has 1 rings (SSSR count). The van der Waals surface area contributed by atoms with Gasteiger partial charge < -0.3 is 5.32 Å². The minimum absolute atomic E-state index is 0.377. The SMILES string of the molecule is CCCN(Cc1ccc(CNC)s1)CC(F)(F)F. The summed E-state index contributed by atoms with van der Waals surface area (Å²) in [6.45, 7) is 2.67. The summed E-state index contributed by atoms with van der Waals surface area (Å²) in [4.78, 5) is 3.59. The molecule has 0 fully saturated rings. The van der Waals surface area contributed by atoms with E-state index < -0.39 is 12.7 Å². The number of nitrogens with one attached hydrogen (secondary N) is 1. The molecule has 1 heterocycles. The molecule has 0 atom stereocenters. The number of nitrogens with zero attached hydrogens (tertiary/aromatic N) is 1. The Labute approximate surface area is 110 Å². The van der Waals surface area contributed by atoms with Crippen molar-refractivity contribution in [3.8, 4) is 0 Å². The zero-order valence-corrected chi connectivity index (χ0v) is 11.5. The molecule has 1 aromatic heterocycles. The maximum absolute atomic E-state index is 12.4. The molecule has 1 aromatic rings. The average Bonchev–Trinajstić information content (AvgIpc) is 2.64. The third-order valence-electron chi connectivity index (χ3n) is 2.39. The van der Waals surface area contributed by atoms with Gasteiger partial charge in [0.15, 0.2) is 0 Å². The first-order valence-corrected chi connectivity index (χ1v) is 6.77. The molecule has 0 saturated heterocycles. The lowest BCUT2D eigenvalue weighted by atomic mass is 10.3. The first kappa shape index (κ1) is 15.5. The summed E-state index contributed by atoms with van der Waals surface area (Å²) >= 11 is 1.57. The number of rotatable bonds is 7. The smallest absolute Gasteiger partial charge is 0.315 e. The van der Waals surface area contributed by atoms with Crippen molar-refractivity contribution in [3.63, 3.8) is 0 Å². The molecular formula is C12H19F3N2S. The maximum atomic E-state index is 12.4. The van der Waals surface area contributed by atoms with Crippen LogP contribution in [0.5, 0.6) is 0 Å². The Kier molecular flexibility index (Phi) is 6.11. The normalized spacial score (nSPS) is 12.3. The second-order valence-electron chi connectivity index (χ2n) is 4.22. The van der Waals surface area contributed by atoms with Crippen LogP contribution in [0.3, 0.4) is 0 Å². The van der Waals surface area contributed by atoms with Gasteiger partial charge in [-0.1, -0.05) is 6.92 Å². The lowest BCUT2D eigenvalue weighted by molar-refractivity contribution is -0.147. The Morgan fingerprint density at radius 1 is 1.28 bits per heavy atom. The summed E-state index contributed by atoms with van der Waals surface area (Å²) in [5.74, 6) is 0. The Morgan fingerprint density at radius 2 is 1.94 bits per heavy atom. The predicted molar refractivity (Wildman–Crippen MR) is 68.7 cm³/mol. The quantitative estimate of drug-likeness (QED) is 0.825. The second kappa shape index (κ2) is 7.11. The molecule has 104 valence electrons. The number of hydrogen-bond acceptors (Lipinski definition) is 3. The lowest BCUT2D eigenvalue weighted by Gasteiger charge is -2.22. The summed E-state index contributed by atoms with van der Waals surface area (Å²) in [7, 11) is 1.85. The van der Waals surface area contributed by atoms with Crippen LogP contribution >= 0.6 is 11.3 Å². The number of alkyl halides is 3. The van der Waals surface area contributed by atoms with Crippen LogP contribution in [-0.4, -0.2) is 31.2 Å². The van der Waals surface area contributed by atoms with Gasteiger partial charge in [0, 0.05) is 22.8 Å². The van der Waals surface area contributed by atoms with Gasteiger partial charge in [-0.15, -0.1) is 11.3 Å². The molecule has 0 bridgehead atoms. The van der Waals surface area contributed by atoms with E-state index in [0.717, 1.165) is 22.7 Å². The predicted octanol–water partition coefficient (Wildman–Crippen LogP) is 3.24. The highest BCUT2D eigenvalue weighted by atomic mass is 32.1. The molecule has 0 aliphatic heterocycles. The van der Waals surface area contributed by atoms with Gasteiger partial charge in [-0.2, -0.15) is 13.2 Å². The van der Waals surface area contributed by atoms with Crippen LogP contribution in [0.2, 0.25) is 0 Å². The summed E-state index contributed by atoms with van der Waals surface area (Å²) in [6.07, 6.45) is -3.40. The van der Waals surface area contributed by atoms with Crippen molar-refractivity contribution >= 4 is 11.3 Å². The van der Waals surface area contributed by atoms with E-state index in [0.29, 0.717) is 13.1 Å². The van der Waals surface area contributed by atoms with Gasteiger partial charge in [0.05, 0.1) is 6.54 Å². The van der Waals surface area contributed by atoms with Crippen LogP contribution in [0.1, 0.15) is 23.1 Å². The highest BCUT2D eigenvalue weighted by molar-refractivity contribution is 7.11. The summed E-state index contributed by atoms with van der Waals surface area (Å²) in [6, 6.07) is 3.88. The topological polar surface area (TPSA) is 15.3 Å². The standard InChI is InChI=1S/C12H19F3N2S/c1-3-6-17(9-12(13,14)15)8-11-5-4-10(18-11)7-16-2/h4-5,16H,3,6-9H2,1-2H3. The lowest BCUT2D eigenvalue weighted by Crippen LogP contribution is -2.34. The molecule has 0 aromatic carbocycles. The number of hydrogen-bond donors (Lipinski definition) is 1. The van der Waals surface area contributed by atoms with E-state index in [1.807, 2.05) is 26.1 Å². The molecule has 6 heteroatoms. The van der Waals surface area contributed by atoms with E-state index in [4.69, 9.17) is 0 Å². The van der Waals surface area contributed by atoms with Crippen molar-refractivity contribution in [1.29, 1.82) is 0 Å². The zero-order valence-electron chi connectivity index (χ0n) is 10.7. The van der Waals surface area contributed by atoms with E-state index in [9.17, 15) is 13.2 Å². The van der Waals surface area contributed by atoms with Gasteiger partial charge in [-0.3, -0.25) is 4.90 Å². The third-order valence-corrected chi connectivity index (χ3v) is 3.46. The van der Waals surface area contributed by atoms with Crippen molar-refractivity contribution in [2.45, 2.75) is 32.6 Å². The van der Waals surface area contributed by atoms with E-state index in [1.165, 1.54) is 4.90 Å². The van der Waals surface area contributed by atoms with E-state index in [-0.39, 0.29) is 0 Å². The van der Waals surface area contributed by atoms with Crippen LogP contribution in [0.25, 0.3) is 0 Å². The van der Waals surface area contributed by atoms with Gasteiger partial charge in [-0.05, 0) is 32.1 Å². The Hall–Kier alpha value is -0.590. The number of thiophene rings is 1. The van der Waals surface area contributed by atoms with Crippen molar-refractivity contribution < 1.29 is 13.2 Å². The fourth-order valence-corrected chi connectivity index (χ4v) is 2.85. The highest BCUT2D eigenvalue weighted by Crippen LogP contribution is 2.22. The Bertz CT molecular complexity index is 349. The summed E-state index contributed by atoms with van der Waals surface area (Å²) in [5.41, 5.74) is 0. The fraction of sp³-hybridized carbons (Fsp3) is 0.667. The Morgan fingerprint density at radius 3 is 2.50 bits per heavy atom. The second-order valence-corrected chi connectivity index (χ2v) is 5.48. The highest BCUT2D eigenvalue weighted by Gasteiger charge is 2.30. The van der Waals surface area contributed by atoms with Crippen LogP contribution in [0, 0.1) is 0 Å². The molecule has 0 aliphatic rings. The largest absolute Gasteiger partial charge is 0.401 e.